The van der Waals surface area contributed by atoms with Crippen molar-refractivity contribution >= 4 is 17.4 Å². The van der Waals surface area contributed by atoms with Crippen LogP contribution in [0.3, 0.4) is 0 Å². The average molecular weight is 523 g/mol. The highest BCUT2D eigenvalue weighted by Gasteiger charge is 2.50. The third kappa shape index (κ3) is 5.15. The molecule has 3 atom stereocenters. The van der Waals surface area contributed by atoms with Crippen molar-refractivity contribution in [3.8, 4) is 11.5 Å². The molecule has 0 aromatic heterocycles. The summed E-state index contributed by atoms with van der Waals surface area (Å²) >= 11 is 0. The molecule has 9 nitrogen and oxygen atoms in total. The zero-order chi connectivity index (χ0) is 27.0. The summed E-state index contributed by atoms with van der Waals surface area (Å²) in [5.74, 6) is 1.31. The fourth-order valence-electron chi connectivity index (χ4n) is 5.75. The number of rotatable bonds is 6. The van der Waals surface area contributed by atoms with Crippen LogP contribution in [0.2, 0.25) is 0 Å². The highest BCUT2D eigenvalue weighted by molar-refractivity contribution is 5.89. The normalized spacial score (nSPS) is 23.7. The van der Waals surface area contributed by atoms with Crippen LogP contribution in [0.25, 0.3) is 0 Å². The van der Waals surface area contributed by atoms with Gasteiger partial charge in [0.1, 0.15) is 5.56 Å². The molecule has 1 aliphatic heterocycles. The van der Waals surface area contributed by atoms with Crippen molar-refractivity contribution in [1.82, 2.24) is 10.2 Å². The van der Waals surface area contributed by atoms with Crippen LogP contribution in [-0.4, -0.2) is 55.8 Å². The summed E-state index contributed by atoms with van der Waals surface area (Å²) in [5.41, 5.74) is -1.64. The number of fused-ring (bicyclic) bond motifs is 1. The number of nitro benzene ring substituents is 1. The number of nitrogens with zero attached hydrogens (tertiary/aromatic N) is 2. The van der Waals surface area contributed by atoms with Crippen LogP contribution >= 0.6 is 0 Å². The van der Waals surface area contributed by atoms with Crippen molar-refractivity contribution in [3.63, 3.8) is 0 Å². The van der Waals surface area contributed by atoms with Crippen molar-refractivity contribution in [3.05, 3.63) is 57.6 Å². The highest BCUT2D eigenvalue weighted by atomic mass is 19.4. The van der Waals surface area contributed by atoms with E-state index >= 15 is 0 Å². The second kappa shape index (κ2) is 10.1. The quantitative estimate of drug-likeness (QED) is 0.411. The van der Waals surface area contributed by atoms with Crippen LogP contribution in [0, 0.1) is 10.1 Å². The van der Waals surface area contributed by atoms with Crippen LogP contribution in [0.15, 0.2) is 36.4 Å². The van der Waals surface area contributed by atoms with Gasteiger partial charge in [0.15, 0.2) is 11.5 Å². The molecule has 1 heterocycles. The Morgan fingerprint density at radius 3 is 2.51 bits per heavy atom. The van der Waals surface area contributed by atoms with Gasteiger partial charge in [0.05, 0.1) is 19.1 Å². The number of anilines is 1. The summed E-state index contributed by atoms with van der Waals surface area (Å²) in [6.45, 7) is 0.890. The maximum atomic E-state index is 13.3. The monoisotopic (exact) mass is 522 g/mol. The van der Waals surface area contributed by atoms with Crippen LogP contribution in [-0.2, 0) is 11.6 Å². The van der Waals surface area contributed by atoms with Gasteiger partial charge in [-0.1, -0.05) is 6.07 Å². The van der Waals surface area contributed by atoms with Crippen molar-refractivity contribution in [2.75, 3.05) is 33.1 Å². The van der Waals surface area contributed by atoms with Gasteiger partial charge in [-0.15, -0.1) is 0 Å². The van der Waals surface area contributed by atoms with Gasteiger partial charge in [-0.05, 0) is 69.1 Å². The Bertz CT molecular complexity index is 1190. The Balaban J connectivity index is 1.48. The van der Waals surface area contributed by atoms with E-state index in [1.54, 1.807) is 14.2 Å². The molecule has 1 saturated heterocycles. The molecule has 0 radical (unpaired) electrons. The number of nitro groups is 1. The van der Waals surface area contributed by atoms with Crippen LogP contribution in [0.4, 0.5) is 29.3 Å². The van der Waals surface area contributed by atoms with E-state index in [-0.39, 0.29) is 23.2 Å². The molecule has 2 aromatic carbocycles. The van der Waals surface area contributed by atoms with E-state index in [0.717, 1.165) is 37.1 Å². The fourth-order valence-corrected chi connectivity index (χ4v) is 5.75. The lowest BCUT2D eigenvalue weighted by Gasteiger charge is -2.45. The minimum absolute atomic E-state index is 0.122. The number of benzene rings is 2. The fraction of sp³-hybridized carbons (Fsp3) is 0.480. The maximum Gasteiger partial charge on any atom is 0.423 e. The Kier molecular flexibility index (Phi) is 7.22. The van der Waals surface area contributed by atoms with E-state index in [9.17, 15) is 28.1 Å². The number of carbonyl (C=O) groups excluding carboxylic acids is 1. The average Bonchev–Trinajstić information content (AvgIpc) is 3.19. The van der Waals surface area contributed by atoms with E-state index in [2.05, 4.69) is 21.6 Å². The second-order valence-corrected chi connectivity index (χ2v) is 9.53. The van der Waals surface area contributed by atoms with Gasteiger partial charge in [0, 0.05) is 29.3 Å². The van der Waals surface area contributed by atoms with Crippen LogP contribution < -0.4 is 20.1 Å². The Morgan fingerprint density at radius 2 is 1.86 bits per heavy atom. The molecule has 2 N–H and O–H groups in total. The highest BCUT2D eigenvalue weighted by Crippen LogP contribution is 2.50. The molecular weight excluding hydrogens is 493 g/mol. The number of halogens is 3. The lowest BCUT2D eigenvalue weighted by Crippen LogP contribution is -2.52. The molecule has 200 valence electrons. The molecule has 2 aliphatic rings. The van der Waals surface area contributed by atoms with Crippen molar-refractivity contribution < 1.29 is 32.4 Å². The van der Waals surface area contributed by atoms with Gasteiger partial charge in [-0.3, -0.25) is 10.1 Å². The van der Waals surface area contributed by atoms with Crippen LogP contribution in [0.5, 0.6) is 11.5 Å². The van der Waals surface area contributed by atoms with E-state index in [0.29, 0.717) is 30.4 Å². The first kappa shape index (κ1) is 26.5. The molecule has 12 heteroatoms. The van der Waals surface area contributed by atoms with E-state index in [4.69, 9.17) is 9.47 Å². The van der Waals surface area contributed by atoms with Gasteiger partial charge < -0.3 is 25.0 Å². The van der Waals surface area contributed by atoms with Gasteiger partial charge in [0.25, 0.3) is 5.69 Å². The molecule has 1 aliphatic carbocycles. The lowest BCUT2D eigenvalue weighted by molar-refractivity contribution is -0.388. The number of hydrogen-bond donors (Lipinski definition) is 2. The van der Waals surface area contributed by atoms with E-state index in [1.165, 1.54) is 0 Å². The van der Waals surface area contributed by atoms with Gasteiger partial charge in [-0.25, -0.2) is 4.79 Å². The first-order valence-electron chi connectivity index (χ1n) is 11.8. The summed E-state index contributed by atoms with van der Waals surface area (Å²) < 4.78 is 50.7. The number of alkyl halides is 3. The molecule has 3 unspecified atom stereocenters. The summed E-state index contributed by atoms with van der Waals surface area (Å²) in [7, 11) is 5.23. The third-order valence-corrected chi connectivity index (χ3v) is 7.58. The van der Waals surface area contributed by atoms with Crippen LogP contribution in [0.1, 0.15) is 36.8 Å². The topological polar surface area (TPSA) is 106 Å². The number of likely N-dealkylation sites (N-methyl/N-ethyl adjacent to an activating group) is 1. The number of ether oxygens (including phenoxy) is 2. The Hall–Kier alpha value is -3.54. The smallest absolute Gasteiger partial charge is 0.423 e. The number of methoxy groups -OCH3 is 2. The van der Waals surface area contributed by atoms with Gasteiger partial charge >= 0.3 is 12.2 Å². The molecule has 2 fully saturated rings. The lowest BCUT2D eigenvalue weighted by atomic mass is 9.65. The molecule has 1 saturated carbocycles. The summed E-state index contributed by atoms with van der Waals surface area (Å²) in [6, 6.07) is 7.65. The molecule has 4 rings (SSSR count). The first-order chi connectivity index (χ1) is 17.5. The Morgan fingerprint density at radius 1 is 1.14 bits per heavy atom. The maximum absolute atomic E-state index is 13.3. The summed E-state index contributed by atoms with van der Waals surface area (Å²) in [6.07, 6.45) is -1.84. The standard InChI is InChI=1S/C25H29F3N4O5/c1-31-11-10-24(15-4-7-20(36-2)21(12-15)37-3)9-8-17(14-22(24)31)30-23(33)29-16-5-6-19(32(34)35)18(13-16)25(26,27)28/h4-7,12-13,17,22H,8-11,14H2,1-3H3,(H2,29,30,33). The largest absolute Gasteiger partial charge is 0.493 e. The predicted molar refractivity (Wildman–Crippen MR) is 130 cm³/mol. The zero-order valence-electron chi connectivity index (χ0n) is 20.7. The van der Waals surface area contributed by atoms with E-state index in [1.807, 2.05) is 19.2 Å². The SMILES string of the molecule is COc1ccc(C23CCC(NC(=O)Nc4ccc([N+](=O)[O-])c(C(F)(F)F)c4)CC2N(C)CC3)cc1OC. The van der Waals surface area contributed by atoms with Gasteiger partial charge in [0.2, 0.25) is 0 Å². The van der Waals surface area contributed by atoms with E-state index < -0.39 is 28.4 Å². The molecule has 2 aromatic rings. The molecular formula is C25H29F3N4O5. The molecule has 2 amide bonds. The minimum atomic E-state index is -4.93. The van der Waals surface area contributed by atoms with Crippen molar-refractivity contribution in [2.24, 2.45) is 0 Å². The molecule has 37 heavy (non-hydrogen) atoms. The number of likely N-dealkylation sites (tertiary alicyclic amines) is 1. The van der Waals surface area contributed by atoms with Gasteiger partial charge in [-0.2, -0.15) is 13.2 Å². The number of hydrogen-bond acceptors (Lipinski definition) is 6. The molecule has 0 bridgehead atoms. The number of urea groups is 1. The van der Waals surface area contributed by atoms with Crippen molar-refractivity contribution in [2.45, 2.75) is 49.4 Å². The summed E-state index contributed by atoms with van der Waals surface area (Å²) in [4.78, 5) is 24.8. The predicted octanol–water partition coefficient (Wildman–Crippen LogP) is 4.95. The minimum Gasteiger partial charge on any atom is -0.493 e. The number of amides is 2. The zero-order valence-corrected chi connectivity index (χ0v) is 20.7. The number of nitrogens with one attached hydrogen (secondary N) is 2. The number of carbonyl (C=O) groups is 1. The molecule has 0 spiro atoms. The van der Waals surface area contributed by atoms with Crippen molar-refractivity contribution in [1.29, 1.82) is 0 Å². The Labute approximate surface area is 212 Å². The summed E-state index contributed by atoms with van der Waals surface area (Å²) in [5, 5.41) is 16.2. The second-order valence-electron chi connectivity index (χ2n) is 9.53. The first-order valence-corrected chi connectivity index (χ1v) is 11.8. The third-order valence-electron chi connectivity index (χ3n) is 7.58.